The standard InChI is InChI=1S/C10H15N5O/c11-2-1-4-15-5-3-12-10(15)9-13-6-8(7-16)14-9/h3,5-6,16H,1-2,4,7,11H2,(H,13,14). The lowest BCUT2D eigenvalue weighted by atomic mass is 10.4. The van der Waals surface area contributed by atoms with Gasteiger partial charge in [-0.2, -0.15) is 0 Å². The number of H-pyrrole nitrogens is 1. The Morgan fingerprint density at radius 2 is 2.38 bits per heavy atom. The molecule has 0 atom stereocenters. The molecule has 0 radical (unpaired) electrons. The number of nitrogens with one attached hydrogen (secondary N) is 1. The Kier molecular flexibility index (Phi) is 3.33. The highest BCUT2D eigenvalue weighted by atomic mass is 16.3. The topological polar surface area (TPSA) is 92.8 Å². The average Bonchev–Trinajstić information content (AvgIpc) is 2.94. The number of nitrogens with two attached hydrogens (primary N) is 1. The molecule has 0 aliphatic heterocycles. The fourth-order valence-electron chi connectivity index (χ4n) is 1.52. The van der Waals surface area contributed by atoms with Crippen molar-refractivity contribution in [2.45, 2.75) is 19.6 Å². The number of aromatic amines is 1. The van der Waals surface area contributed by atoms with Crippen molar-refractivity contribution in [3.63, 3.8) is 0 Å². The van der Waals surface area contributed by atoms with E-state index in [0.29, 0.717) is 18.1 Å². The monoisotopic (exact) mass is 221 g/mol. The highest BCUT2D eigenvalue weighted by molar-refractivity contribution is 5.44. The third-order valence-corrected chi connectivity index (χ3v) is 2.32. The van der Waals surface area contributed by atoms with Gasteiger partial charge in [0.15, 0.2) is 11.6 Å². The van der Waals surface area contributed by atoms with Crippen LogP contribution in [0.15, 0.2) is 18.6 Å². The Hall–Kier alpha value is -1.66. The van der Waals surface area contributed by atoms with E-state index in [1.165, 1.54) is 0 Å². The molecular formula is C10H15N5O. The third-order valence-electron chi connectivity index (χ3n) is 2.32. The van der Waals surface area contributed by atoms with E-state index in [1.54, 1.807) is 12.4 Å². The first-order valence-electron chi connectivity index (χ1n) is 5.22. The molecule has 0 aliphatic rings. The van der Waals surface area contributed by atoms with Gasteiger partial charge in [0.1, 0.15) is 0 Å². The van der Waals surface area contributed by atoms with Gasteiger partial charge in [0.2, 0.25) is 0 Å². The molecule has 0 bridgehead atoms. The third kappa shape index (κ3) is 2.12. The molecule has 16 heavy (non-hydrogen) atoms. The summed E-state index contributed by atoms with van der Waals surface area (Å²) in [6, 6.07) is 0. The molecule has 0 saturated heterocycles. The first kappa shape index (κ1) is 10.8. The minimum Gasteiger partial charge on any atom is -0.390 e. The van der Waals surface area contributed by atoms with Gasteiger partial charge < -0.3 is 20.4 Å². The zero-order chi connectivity index (χ0) is 11.4. The zero-order valence-corrected chi connectivity index (χ0v) is 8.93. The average molecular weight is 221 g/mol. The molecule has 0 amide bonds. The van der Waals surface area contributed by atoms with Crippen molar-refractivity contribution in [1.29, 1.82) is 0 Å². The Morgan fingerprint density at radius 3 is 3.06 bits per heavy atom. The van der Waals surface area contributed by atoms with Crippen LogP contribution in [0.5, 0.6) is 0 Å². The second-order valence-electron chi connectivity index (χ2n) is 3.49. The second kappa shape index (κ2) is 4.91. The largest absolute Gasteiger partial charge is 0.390 e. The maximum atomic E-state index is 8.93. The van der Waals surface area contributed by atoms with Crippen molar-refractivity contribution < 1.29 is 5.11 Å². The molecule has 0 aliphatic carbocycles. The zero-order valence-electron chi connectivity index (χ0n) is 8.93. The molecule has 2 heterocycles. The quantitative estimate of drug-likeness (QED) is 0.668. The summed E-state index contributed by atoms with van der Waals surface area (Å²) in [6.07, 6.45) is 6.20. The van der Waals surface area contributed by atoms with Gasteiger partial charge in [0.25, 0.3) is 0 Å². The van der Waals surface area contributed by atoms with Crippen LogP contribution in [0.25, 0.3) is 11.6 Å². The van der Waals surface area contributed by atoms with Gasteiger partial charge in [0, 0.05) is 25.1 Å². The number of hydrogen-bond acceptors (Lipinski definition) is 4. The number of nitrogens with zero attached hydrogens (tertiary/aromatic N) is 3. The fraction of sp³-hybridized carbons (Fsp3) is 0.400. The molecule has 0 aromatic carbocycles. The predicted octanol–water partition coefficient (Wildman–Crippen LogP) is 0.114. The van der Waals surface area contributed by atoms with E-state index in [0.717, 1.165) is 18.8 Å². The van der Waals surface area contributed by atoms with Crippen LogP contribution >= 0.6 is 0 Å². The first-order chi connectivity index (χ1) is 7.85. The van der Waals surface area contributed by atoms with Crippen LogP contribution in [0.1, 0.15) is 12.1 Å². The molecule has 4 N–H and O–H groups in total. The van der Waals surface area contributed by atoms with Crippen molar-refractivity contribution in [3.05, 3.63) is 24.3 Å². The summed E-state index contributed by atoms with van der Waals surface area (Å²) in [5, 5.41) is 8.93. The number of aliphatic hydroxyl groups excluding tert-OH is 1. The summed E-state index contributed by atoms with van der Waals surface area (Å²) in [5.41, 5.74) is 6.08. The van der Waals surface area contributed by atoms with E-state index >= 15 is 0 Å². The summed E-state index contributed by atoms with van der Waals surface area (Å²) >= 11 is 0. The fourth-order valence-corrected chi connectivity index (χ4v) is 1.52. The molecule has 86 valence electrons. The van der Waals surface area contributed by atoms with Crippen LogP contribution in [0, 0.1) is 0 Å². The predicted molar refractivity (Wildman–Crippen MR) is 59.4 cm³/mol. The minimum absolute atomic E-state index is 0.0694. The molecule has 2 aromatic heterocycles. The van der Waals surface area contributed by atoms with E-state index in [4.69, 9.17) is 10.8 Å². The molecule has 2 aromatic rings. The number of hydrogen-bond donors (Lipinski definition) is 3. The van der Waals surface area contributed by atoms with Crippen molar-refractivity contribution in [3.8, 4) is 11.6 Å². The highest BCUT2D eigenvalue weighted by Crippen LogP contribution is 2.13. The SMILES string of the molecule is NCCCn1ccnc1-c1nc(CO)c[nH]1. The van der Waals surface area contributed by atoms with Crippen LogP contribution < -0.4 is 5.73 Å². The van der Waals surface area contributed by atoms with Gasteiger partial charge in [-0.3, -0.25) is 0 Å². The molecule has 6 heteroatoms. The molecule has 6 nitrogen and oxygen atoms in total. The van der Waals surface area contributed by atoms with Crippen molar-refractivity contribution in [2.75, 3.05) is 6.54 Å². The summed E-state index contributed by atoms with van der Waals surface area (Å²) in [7, 11) is 0. The van der Waals surface area contributed by atoms with Gasteiger partial charge in [-0.05, 0) is 13.0 Å². The molecule has 2 rings (SSSR count). The lowest BCUT2D eigenvalue weighted by Crippen LogP contribution is -2.06. The van der Waals surface area contributed by atoms with Crippen LogP contribution in [-0.4, -0.2) is 31.2 Å². The van der Waals surface area contributed by atoms with Gasteiger partial charge in [-0.1, -0.05) is 0 Å². The van der Waals surface area contributed by atoms with Crippen molar-refractivity contribution in [1.82, 2.24) is 19.5 Å². The second-order valence-corrected chi connectivity index (χ2v) is 3.49. The maximum absolute atomic E-state index is 8.93. The Bertz CT molecular complexity index is 448. The smallest absolute Gasteiger partial charge is 0.176 e. The first-order valence-corrected chi connectivity index (χ1v) is 5.22. The van der Waals surface area contributed by atoms with Crippen LogP contribution in [0.2, 0.25) is 0 Å². The Morgan fingerprint density at radius 1 is 1.50 bits per heavy atom. The maximum Gasteiger partial charge on any atom is 0.176 e. The van der Waals surface area contributed by atoms with E-state index < -0.39 is 0 Å². The summed E-state index contributed by atoms with van der Waals surface area (Å²) in [4.78, 5) is 11.4. The molecule has 0 spiro atoms. The van der Waals surface area contributed by atoms with E-state index in [-0.39, 0.29) is 6.61 Å². The summed E-state index contributed by atoms with van der Waals surface area (Å²) < 4.78 is 1.99. The lowest BCUT2D eigenvalue weighted by Gasteiger charge is -2.04. The van der Waals surface area contributed by atoms with Crippen LogP contribution in [-0.2, 0) is 13.2 Å². The van der Waals surface area contributed by atoms with E-state index in [2.05, 4.69) is 15.0 Å². The van der Waals surface area contributed by atoms with E-state index in [1.807, 2.05) is 10.8 Å². The lowest BCUT2D eigenvalue weighted by molar-refractivity contribution is 0.277. The molecule has 0 unspecified atom stereocenters. The number of imidazole rings is 2. The number of rotatable bonds is 5. The minimum atomic E-state index is -0.0694. The molecule has 0 fully saturated rings. The summed E-state index contributed by atoms with van der Waals surface area (Å²) in [6.45, 7) is 1.40. The molecule has 0 saturated carbocycles. The van der Waals surface area contributed by atoms with Crippen molar-refractivity contribution >= 4 is 0 Å². The van der Waals surface area contributed by atoms with E-state index in [9.17, 15) is 0 Å². The Labute approximate surface area is 93.1 Å². The molecular weight excluding hydrogens is 206 g/mol. The number of aryl methyl sites for hydroxylation is 1. The van der Waals surface area contributed by atoms with Gasteiger partial charge in [-0.25, -0.2) is 9.97 Å². The van der Waals surface area contributed by atoms with Gasteiger partial charge in [-0.15, -0.1) is 0 Å². The highest BCUT2D eigenvalue weighted by Gasteiger charge is 2.09. The van der Waals surface area contributed by atoms with Crippen LogP contribution in [0.3, 0.4) is 0 Å². The van der Waals surface area contributed by atoms with Gasteiger partial charge in [0.05, 0.1) is 12.3 Å². The number of aromatic nitrogens is 4. The van der Waals surface area contributed by atoms with Gasteiger partial charge >= 0.3 is 0 Å². The normalized spacial score (nSPS) is 10.9. The summed E-state index contributed by atoms with van der Waals surface area (Å²) in [5.74, 6) is 1.44. The number of aliphatic hydroxyl groups is 1. The van der Waals surface area contributed by atoms with Crippen molar-refractivity contribution in [2.24, 2.45) is 5.73 Å². The van der Waals surface area contributed by atoms with Crippen LogP contribution in [0.4, 0.5) is 0 Å². The Balaban J connectivity index is 2.22.